The van der Waals surface area contributed by atoms with Crippen molar-refractivity contribution in [2.24, 2.45) is 0 Å². The zero-order valence-electron chi connectivity index (χ0n) is 14.7. The minimum Gasteiger partial charge on any atom is -0.485 e. The second kappa shape index (κ2) is 7.63. The smallest absolute Gasteiger partial charge is 0.416 e. The van der Waals surface area contributed by atoms with Gasteiger partial charge in [-0.1, -0.05) is 30.3 Å². The molecule has 0 unspecified atom stereocenters. The minimum atomic E-state index is -4.53. The van der Waals surface area contributed by atoms with Crippen LogP contribution in [0.2, 0.25) is 5.28 Å². The van der Waals surface area contributed by atoms with Crippen LogP contribution in [0.25, 0.3) is 5.52 Å². The van der Waals surface area contributed by atoms with Crippen molar-refractivity contribution in [2.75, 3.05) is 0 Å². The lowest BCUT2D eigenvalue weighted by molar-refractivity contribution is -0.137. The van der Waals surface area contributed by atoms with E-state index in [-0.39, 0.29) is 29.3 Å². The first kappa shape index (κ1) is 19.1. The van der Waals surface area contributed by atoms with Crippen molar-refractivity contribution in [1.82, 2.24) is 14.6 Å². The van der Waals surface area contributed by atoms with Gasteiger partial charge in [-0.3, -0.25) is 0 Å². The molecule has 5 nitrogen and oxygen atoms in total. The first-order valence-electron chi connectivity index (χ1n) is 8.46. The molecule has 0 saturated heterocycles. The molecule has 4 rings (SSSR count). The van der Waals surface area contributed by atoms with Gasteiger partial charge in [-0.25, -0.2) is 4.98 Å². The number of halogens is 4. The number of benzene rings is 2. The average Bonchev–Trinajstić information content (AvgIpc) is 3.07. The number of imidazole rings is 1. The molecule has 2 aromatic heterocycles. The van der Waals surface area contributed by atoms with Gasteiger partial charge in [0.1, 0.15) is 6.61 Å². The summed E-state index contributed by atoms with van der Waals surface area (Å²) in [6, 6.07) is 15.4. The molecule has 0 amide bonds. The molecule has 0 fully saturated rings. The molecular formula is C20H13ClF3N3O2. The first-order valence-corrected chi connectivity index (χ1v) is 8.84. The maximum Gasteiger partial charge on any atom is 0.416 e. The van der Waals surface area contributed by atoms with Gasteiger partial charge in [0.25, 0.3) is 0 Å². The molecule has 148 valence electrons. The van der Waals surface area contributed by atoms with Crippen LogP contribution >= 0.6 is 11.6 Å². The zero-order valence-corrected chi connectivity index (χ0v) is 15.5. The highest BCUT2D eigenvalue weighted by atomic mass is 35.5. The fourth-order valence-electron chi connectivity index (χ4n) is 2.62. The van der Waals surface area contributed by atoms with Crippen LogP contribution in [0, 0.1) is 0 Å². The van der Waals surface area contributed by atoms with E-state index < -0.39 is 11.7 Å². The van der Waals surface area contributed by atoms with Crippen LogP contribution in [0.3, 0.4) is 0 Å². The number of alkyl halides is 3. The molecule has 0 N–H and O–H groups in total. The maximum atomic E-state index is 13.2. The fraction of sp³-hybridized carbons (Fsp3) is 0.100. The predicted octanol–water partition coefficient (Wildman–Crippen LogP) is 5.77. The van der Waals surface area contributed by atoms with Crippen molar-refractivity contribution in [1.29, 1.82) is 0 Å². The minimum absolute atomic E-state index is 0.0429. The summed E-state index contributed by atoms with van der Waals surface area (Å²) in [5, 5.41) is 4.25. The molecule has 29 heavy (non-hydrogen) atoms. The van der Waals surface area contributed by atoms with E-state index in [9.17, 15) is 13.2 Å². The summed E-state index contributed by atoms with van der Waals surface area (Å²) in [4.78, 5) is 3.91. The Morgan fingerprint density at radius 1 is 0.966 bits per heavy atom. The first-order chi connectivity index (χ1) is 13.9. The van der Waals surface area contributed by atoms with Crippen molar-refractivity contribution in [2.45, 2.75) is 12.8 Å². The van der Waals surface area contributed by atoms with E-state index in [0.717, 1.165) is 17.7 Å². The zero-order chi connectivity index (χ0) is 20.4. The van der Waals surface area contributed by atoms with Crippen molar-refractivity contribution in [3.8, 4) is 17.4 Å². The Balaban J connectivity index is 1.66. The van der Waals surface area contributed by atoms with Crippen molar-refractivity contribution in [3.05, 3.63) is 83.3 Å². The number of nitrogens with zero attached hydrogens (tertiary/aromatic N) is 3. The lowest BCUT2D eigenvalue weighted by Crippen LogP contribution is -2.06. The van der Waals surface area contributed by atoms with Crippen molar-refractivity contribution in [3.63, 3.8) is 0 Å². The van der Waals surface area contributed by atoms with Crippen LogP contribution in [0.4, 0.5) is 13.2 Å². The molecule has 0 aliphatic rings. The summed E-state index contributed by atoms with van der Waals surface area (Å²) in [5.41, 5.74) is 0.622. The summed E-state index contributed by atoms with van der Waals surface area (Å²) >= 11 is 5.94. The second-order valence-corrected chi connectivity index (χ2v) is 6.41. The van der Waals surface area contributed by atoms with E-state index >= 15 is 0 Å². The largest absolute Gasteiger partial charge is 0.485 e. The Morgan fingerprint density at radius 3 is 2.52 bits per heavy atom. The van der Waals surface area contributed by atoms with E-state index in [1.54, 1.807) is 6.07 Å². The van der Waals surface area contributed by atoms with E-state index in [4.69, 9.17) is 21.1 Å². The third-order valence-electron chi connectivity index (χ3n) is 4.04. The van der Waals surface area contributed by atoms with Gasteiger partial charge in [-0.05, 0) is 41.4 Å². The maximum absolute atomic E-state index is 13.2. The van der Waals surface area contributed by atoms with Crippen LogP contribution in [0.1, 0.15) is 11.1 Å². The highest BCUT2D eigenvalue weighted by Gasteiger charge is 2.31. The summed E-state index contributed by atoms with van der Waals surface area (Å²) in [5.74, 6) is 0.0839. The van der Waals surface area contributed by atoms with Gasteiger partial charge in [0.15, 0.2) is 11.5 Å². The molecule has 2 heterocycles. The van der Waals surface area contributed by atoms with Gasteiger partial charge in [-0.2, -0.15) is 17.7 Å². The van der Waals surface area contributed by atoms with Gasteiger partial charge in [-0.15, -0.1) is 5.10 Å². The SMILES string of the molecule is FC(F)(F)c1ccc(OCc2ccccc2)c(Oc2ccc3cnc(Cl)n3n2)c1. The molecule has 0 spiro atoms. The summed E-state index contributed by atoms with van der Waals surface area (Å²) in [6.07, 6.45) is -3.01. The number of rotatable bonds is 5. The standard InChI is InChI=1S/C20H13ClF3N3O2/c21-19-25-11-15-7-9-18(26-27(15)19)29-17-10-14(20(22,23)24)6-8-16(17)28-12-13-4-2-1-3-5-13/h1-11H,12H2. The van der Waals surface area contributed by atoms with Crippen molar-refractivity contribution >= 4 is 17.1 Å². The number of aromatic nitrogens is 3. The van der Waals surface area contributed by atoms with E-state index in [2.05, 4.69) is 10.1 Å². The Hall–Kier alpha value is -3.26. The summed E-state index contributed by atoms with van der Waals surface area (Å²) in [7, 11) is 0. The third-order valence-corrected chi connectivity index (χ3v) is 4.30. The van der Waals surface area contributed by atoms with E-state index in [1.165, 1.54) is 22.8 Å². The van der Waals surface area contributed by atoms with Gasteiger partial charge < -0.3 is 9.47 Å². The predicted molar refractivity (Wildman–Crippen MR) is 100 cm³/mol. The molecule has 0 saturated carbocycles. The molecule has 0 radical (unpaired) electrons. The lowest BCUT2D eigenvalue weighted by atomic mass is 10.2. The van der Waals surface area contributed by atoms with Crippen LogP contribution in [0.5, 0.6) is 17.4 Å². The molecule has 0 aliphatic carbocycles. The lowest BCUT2D eigenvalue weighted by Gasteiger charge is -2.15. The van der Waals surface area contributed by atoms with Crippen LogP contribution in [-0.2, 0) is 12.8 Å². The third kappa shape index (κ3) is 4.27. The molecule has 0 bridgehead atoms. The molecule has 0 aliphatic heterocycles. The average molecular weight is 420 g/mol. The van der Waals surface area contributed by atoms with Gasteiger partial charge in [0.05, 0.1) is 17.3 Å². The normalized spacial score (nSPS) is 11.6. The Morgan fingerprint density at radius 2 is 1.76 bits per heavy atom. The fourth-order valence-corrected chi connectivity index (χ4v) is 2.81. The highest BCUT2D eigenvalue weighted by molar-refractivity contribution is 6.28. The second-order valence-electron chi connectivity index (χ2n) is 6.07. The topological polar surface area (TPSA) is 48.7 Å². The van der Waals surface area contributed by atoms with Gasteiger partial charge in [0, 0.05) is 6.07 Å². The van der Waals surface area contributed by atoms with E-state index in [0.29, 0.717) is 5.52 Å². The summed E-state index contributed by atoms with van der Waals surface area (Å²) in [6.45, 7) is 0.169. The Labute approximate surface area is 168 Å². The van der Waals surface area contributed by atoms with Crippen molar-refractivity contribution < 1.29 is 22.6 Å². The molecule has 2 aromatic carbocycles. The number of fused-ring (bicyclic) bond motifs is 1. The van der Waals surface area contributed by atoms with Crippen LogP contribution < -0.4 is 9.47 Å². The monoisotopic (exact) mass is 419 g/mol. The summed E-state index contributed by atoms with van der Waals surface area (Å²) < 4.78 is 52.1. The molecule has 9 heteroatoms. The van der Waals surface area contributed by atoms with Gasteiger partial charge in [0.2, 0.25) is 11.2 Å². The van der Waals surface area contributed by atoms with Crippen LogP contribution in [-0.4, -0.2) is 14.6 Å². The molecule has 4 aromatic rings. The van der Waals surface area contributed by atoms with Crippen LogP contribution in [0.15, 0.2) is 66.9 Å². The quantitative estimate of drug-likeness (QED) is 0.412. The number of ether oxygens (including phenoxy) is 2. The highest BCUT2D eigenvalue weighted by Crippen LogP contribution is 2.38. The molecular weight excluding hydrogens is 407 g/mol. The number of hydrogen-bond donors (Lipinski definition) is 0. The Kier molecular flexibility index (Phi) is 5.02. The van der Waals surface area contributed by atoms with Gasteiger partial charge >= 0.3 is 6.18 Å². The number of hydrogen-bond acceptors (Lipinski definition) is 4. The molecule has 0 atom stereocenters. The Bertz CT molecular complexity index is 1150. The van der Waals surface area contributed by atoms with E-state index in [1.807, 2.05) is 30.3 Å².